The third-order valence-corrected chi connectivity index (χ3v) is 3.50. The molecule has 1 N–H and O–H groups in total. The van der Waals surface area contributed by atoms with E-state index in [4.69, 9.17) is 0 Å². The van der Waals surface area contributed by atoms with Gasteiger partial charge in [0, 0.05) is 10.5 Å². The maximum absolute atomic E-state index is 11.9. The van der Waals surface area contributed by atoms with Crippen molar-refractivity contribution in [3.8, 4) is 0 Å². The zero-order chi connectivity index (χ0) is 17.6. The molecule has 9 heteroatoms. The number of hydrogen-bond acceptors (Lipinski definition) is 3. The number of nitrogens with zero attached hydrogens (tertiary/aromatic N) is 2. The first-order valence-corrected chi connectivity index (χ1v) is 7.83. The second kappa shape index (κ2) is 8.29. The molecule has 0 saturated carbocycles. The Morgan fingerprint density at radius 2 is 1.96 bits per heavy atom. The number of aromatic nitrogens is 2. The number of anilines is 1. The van der Waals surface area contributed by atoms with Crippen LogP contribution in [-0.2, 0) is 16.1 Å². The van der Waals surface area contributed by atoms with E-state index in [1.807, 2.05) is 24.3 Å². The van der Waals surface area contributed by atoms with Gasteiger partial charge in [-0.1, -0.05) is 28.1 Å². The third-order valence-electron chi connectivity index (χ3n) is 2.97. The Kier molecular flexibility index (Phi) is 6.38. The minimum Gasteiger partial charge on any atom is -0.372 e. The van der Waals surface area contributed by atoms with Crippen LogP contribution in [0.3, 0.4) is 0 Å². The summed E-state index contributed by atoms with van der Waals surface area (Å²) in [6.07, 6.45) is -3.02. The molecule has 0 aliphatic carbocycles. The lowest BCUT2D eigenvalue weighted by atomic mass is 10.2. The number of halogens is 4. The van der Waals surface area contributed by atoms with Crippen LogP contribution in [0, 0.1) is 0 Å². The predicted octanol–water partition coefficient (Wildman–Crippen LogP) is 3.60. The maximum atomic E-state index is 11.9. The van der Waals surface area contributed by atoms with Gasteiger partial charge in [-0.25, -0.2) is 4.68 Å². The van der Waals surface area contributed by atoms with E-state index >= 15 is 0 Å². The van der Waals surface area contributed by atoms with Gasteiger partial charge in [0.1, 0.15) is 12.4 Å². The fourth-order valence-corrected chi connectivity index (χ4v) is 2.15. The molecule has 2 aromatic rings. The first-order valence-electron chi connectivity index (χ1n) is 7.04. The van der Waals surface area contributed by atoms with Crippen molar-refractivity contribution in [2.75, 3.05) is 18.5 Å². The molecule has 5 nitrogen and oxygen atoms in total. The summed E-state index contributed by atoms with van der Waals surface area (Å²) in [6.45, 7) is -1.20. The van der Waals surface area contributed by atoms with Crippen molar-refractivity contribution in [1.82, 2.24) is 9.78 Å². The molecule has 1 heterocycles. The Morgan fingerprint density at radius 1 is 1.25 bits per heavy atom. The number of carbonyl (C=O) groups is 1. The number of alkyl halides is 3. The molecule has 0 saturated heterocycles. The Morgan fingerprint density at radius 3 is 2.62 bits per heavy atom. The van der Waals surface area contributed by atoms with E-state index in [2.05, 4.69) is 31.1 Å². The zero-order valence-corrected chi connectivity index (χ0v) is 14.1. The first-order chi connectivity index (χ1) is 11.3. The van der Waals surface area contributed by atoms with E-state index in [9.17, 15) is 18.0 Å². The van der Waals surface area contributed by atoms with Gasteiger partial charge in [-0.3, -0.25) is 4.79 Å². The lowest BCUT2D eigenvalue weighted by molar-refractivity contribution is -0.174. The fraction of sp³-hybridized carbons (Fsp3) is 0.333. The second-order valence-corrected chi connectivity index (χ2v) is 5.88. The van der Waals surface area contributed by atoms with Crippen molar-refractivity contribution < 1.29 is 22.7 Å². The SMILES string of the molecule is O=C(CCOCC(F)(F)F)Nc1ccnn1Cc1ccc(Br)cc1. The van der Waals surface area contributed by atoms with Gasteiger partial charge in [-0.15, -0.1) is 0 Å². The highest BCUT2D eigenvalue weighted by atomic mass is 79.9. The van der Waals surface area contributed by atoms with Crippen LogP contribution in [0.4, 0.5) is 19.0 Å². The van der Waals surface area contributed by atoms with E-state index < -0.39 is 18.7 Å². The number of rotatable bonds is 7. The number of nitrogens with one attached hydrogen (secondary N) is 1. The van der Waals surface area contributed by atoms with Crippen molar-refractivity contribution in [3.05, 3.63) is 46.6 Å². The number of carbonyl (C=O) groups excluding carboxylic acids is 1. The number of amides is 1. The van der Waals surface area contributed by atoms with Crippen LogP contribution in [-0.4, -0.2) is 35.1 Å². The molecule has 24 heavy (non-hydrogen) atoms. The van der Waals surface area contributed by atoms with Crippen molar-refractivity contribution in [2.24, 2.45) is 0 Å². The Bertz CT molecular complexity index is 671. The summed E-state index contributed by atoms with van der Waals surface area (Å²) in [5, 5.41) is 6.74. The van der Waals surface area contributed by atoms with Crippen LogP contribution < -0.4 is 5.32 Å². The Balaban J connectivity index is 1.84. The molecule has 0 fully saturated rings. The summed E-state index contributed by atoms with van der Waals surface area (Å²) in [5.74, 6) is 0.0356. The summed E-state index contributed by atoms with van der Waals surface area (Å²) in [5.41, 5.74) is 0.992. The van der Waals surface area contributed by atoms with E-state index in [1.54, 1.807) is 10.7 Å². The molecule has 0 aliphatic rings. The van der Waals surface area contributed by atoms with E-state index in [0.29, 0.717) is 12.4 Å². The molecule has 130 valence electrons. The summed E-state index contributed by atoms with van der Waals surface area (Å²) in [7, 11) is 0. The van der Waals surface area contributed by atoms with Crippen molar-refractivity contribution in [2.45, 2.75) is 19.1 Å². The monoisotopic (exact) mass is 405 g/mol. The smallest absolute Gasteiger partial charge is 0.372 e. The summed E-state index contributed by atoms with van der Waals surface area (Å²) in [6, 6.07) is 9.25. The average molecular weight is 406 g/mol. The lowest BCUT2D eigenvalue weighted by Gasteiger charge is -2.10. The highest BCUT2D eigenvalue weighted by molar-refractivity contribution is 9.10. The third kappa shape index (κ3) is 6.32. The van der Waals surface area contributed by atoms with Crippen molar-refractivity contribution >= 4 is 27.7 Å². The second-order valence-electron chi connectivity index (χ2n) is 4.97. The number of benzene rings is 1. The van der Waals surface area contributed by atoms with Gasteiger partial charge in [-0.2, -0.15) is 18.3 Å². The van der Waals surface area contributed by atoms with Gasteiger partial charge in [-0.05, 0) is 17.7 Å². The average Bonchev–Trinajstić information content (AvgIpc) is 2.92. The normalized spacial score (nSPS) is 11.5. The fourth-order valence-electron chi connectivity index (χ4n) is 1.89. The first kappa shape index (κ1) is 18.5. The van der Waals surface area contributed by atoms with Crippen LogP contribution >= 0.6 is 15.9 Å². The van der Waals surface area contributed by atoms with Gasteiger partial charge in [0.05, 0.1) is 25.8 Å². The summed E-state index contributed by atoms with van der Waals surface area (Å²) in [4.78, 5) is 11.8. The highest BCUT2D eigenvalue weighted by Gasteiger charge is 2.27. The van der Waals surface area contributed by atoms with Crippen molar-refractivity contribution in [1.29, 1.82) is 0 Å². The molecule has 0 radical (unpaired) electrons. The molecule has 1 aromatic carbocycles. The lowest BCUT2D eigenvalue weighted by Crippen LogP contribution is -2.21. The van der Waals surface area contributed by atoms with Gasteiger partial charge < -0.3 is 10.1 Å². The van der Waals surface area contributed by atoms with Gasteiger partial charge >= 0.3 is 6.18 Å². The highest BCUT2D eigenvalue weighted by Crippen LogP contribution is 2.15. The zero-order valence-electron chi connectivity index (χ0n) is 12.5. The van der Waals surface area contributed by atoms with Crippen LogP contribution in [0.15, 0.2) is 41.0 Å². The molecule has 0 bridgehead atoms. The number of ether oxygens (including phenoxy) is 1. The largest absolute Gasteiger partial charge is 0.411 e. The minimum absolute atomic E-state index is 0.167. The molecule has 0 aliphatic heterocycles. The Hall–Kier alpha value is -1.87. The molecule has 1 amide bonds. The van der Waals surface area contributed by atoms with Gasteiger partial charge in [0.15, 0.2) is 0 Å². The molecule has 1 aromatic heterocycles. The number of hydrogen-bond donors (Lipinski definition) is 1. The van der Waals surface area contributed by atoms with E-state index in [1.165, 1.54) is 6.20 Å². The standard InChI is InChI=1S/C15H15BrF3N3O2/c16-12-3-1-11(2-4-12)9-22-13(5-7-20-22)21-14(23)6-8-24-10-15(17,18)19/h1-5,7H,6,8-10H2,(H,21,23). The molecule has 0 spiro atoms. The quantitative estimate of drug-likeness (QED) is 0.715. The molecular weight excluding hydrogens is 391 g/mol. The Labute approximate surface area is 144 Å². The van der Waals surface area contributed by atoms with Crippen LogP contribution in [0.25, 0.3) is 0 Å². The molecule has 0 unspecified atom stereocenters. The summed E-state index contributed by atoms with van der Waals surface area (Å²) >= 11 is 3.35. The minimum atomic E-state index is -4.39. The van der Waals surface area contributed by atoms with Crippen LogP contribution in [0.5, 0.6) is 0 Å². The predicted molar refractivity (Wildman–Crippen MR) is 85.6 cm³/mol. The van der Waals surface area contributed by atoms with Gasteiger partial charge in [0.25, 0.3) is 0 Å². The van der Waals surface area contributed by atoms with Crippen molar-refractivity contribution in [3.63, 3.8) is 0 Å². The van der Waals surface area contributed by atoms with Crippen LogP contribution in [0.2, 0.25) is 0 Å². The van der Waals surface area contributed by atoms with E-state index in [-0.39, 0.29) is 13.0 Å². The maximum Gasteiger partial charge on any atom is 0.411 e. The van der Waals surface area contributed by atoms with E-state index in [0.717, 1.165) is 10.0 Å². The summed E-state index contributed by atoms with van der Waals surface area (Å²) < 4.78 is 42.8. The molecule has 0 atom stereocenters. The van der Waals surface area contributed by atoms with Gasteiger partial charge in [0.2, 0.25) is 5.91 Å². The molecular formula is C15H15BrF3N3O2. The topological polar surface area (TPSA) is 56.1 Å². The molecule has 2 rings (SSSR count). The van der Waals surface area contributed by atoms with Crippen LogP contribution in [0.1, 0.15) is 12.0 Å².